The number of rotatable bonds is 4. The molecule has 7 nitrogen and oxygen atoms in total. The highest BCUT2D eigenvalue weighted by Crippen LogP contribution is 2.36. The smallest absolute Gasteiger partial charge is 0.274 e. The lowest BCUT2D eigenvalue weighted by molar-refractivity contribution is -0.188. The number of ether oxygens (including phenoxy) is 2. The predicted octanol–water partition coefficient (Wildman–Crippen LogP) is 1.46. The van der Waals surface area contributed by atoms with Crippen LogP contribution in [0, 0.1) is 0 Å². The van der Waals surface area contributed by atoms with E-state index >= 15 is 0 Å². The Balaban J connectivity index is 1.31. The first kappa shape index (κ1) is 16.1. The zero-order chi connectivity index (χ0) is 17.1. The van der Waals surface area contributed by atoms with Gasteiger partial charge in [-0.25, -0.2) is 4.98 Å². The first-order chi connectivity index (χ1) is 12.2. The second-order valence-electron chi connectivity index (χ2n) is 6.56. The summed E-state index contributed by atoms with van der Waals surface area (Å²) in [6.07, 6.45) is 9.96. The Morgan fingerprint density at radius 1 is 1.24 bits per heavy atom. The van der Waals surface area contributed by atoms with Crippen LogP contribution in [0.2, 0.25) is 0 Å². The fraction of sp³-hybridized carbons (Fsp3) is 0.444. The second kappa shape index (κ2) is 6.85. The lowest BCUT2D eigenvalue weighted by Crippen LogP contribution is -2.67. The van der Waals surface area contributed by atoms with Crippen molar-refractivity contribution in [3.05, 3.63) is 54.4 Å². The fourth-order valence-corrected chi connectivity index (χ4v) is 3.40. The van der Waals surface area contributed by atoms with Crippen molar-refractivity contribution in [2.45, 2.75) is 31.2 Å². The molecule has 4 heterocycles. The highest BCUT2D eigenvalue weighted by atomic mass is 16.5. The van der Waals surface area contributed by atoms with E-state index in [1.54, 1.807) is 23.5 Å². The molecule has 0 unspecified atom stereocenters. The van der Waals surface area contributed by atoms with Gasteiger partial charge in [0.1, 0.15) is 11.3 Å². The van der Waals surface area contributed by atoms with Crippen LogP contribution >= 0.6 is 0 Å². The molecule has 2 aromatic heterocycles. The van der Waals surface area contributed by atoms with E-state index in [1.165, 1.54) is 12.4 Å². The first-order valence-corrected chi connectivity index (χ1v) is 8.44. The molecule has 0 radical (unpaired) electrons. The molecule has 1 spiro atoms. The minimum Gasteiger partial charge on any atom is -0.373 e. The fourth-order valence-electron chi connectivity index (χ4n) is 3.40. The van der Waals surface area contributed by atoms with Gasteiger partial charge in [0.15, 0.2) is 0 Å². The zero-order valence-electron chi connectivity index (χ0n) is 13.9. The number of hydrogen-bond acceptors (Lipinski definition) is 6. The number of carbonyl (C=O) groups is 1. The van der Waals surface area contributed by atoms with Crippen LogP contribution in [-0.2, 0) is 16.1 Å². The van der Waals surface area contributed by atoms with Crippen molar-refractivity contribution in [3.63, 3.8) is 0 Å². The van der Waals surface area contributed by atoms with Crippen LogP contribution in [0.1, 0.15) is 28.9 Å². The predicted molar refractivity (Wildman–Crippen MR) is 88.7 cm³/mol. The number of likely N-dealkylation sites (tertiary alicyclic amines) is 1. The van der Waals surface area contributed by atoms with Gasteiger partial charge in [-0.05, 0) is 24.1 Å². The number of pyridine rings is 1. The van der Waals surface area contributed by atoms with Gasteiger partial charge in [0.05, 0.1) is 32.0 Å². The molecule has 0 saturated carbocycles. The van der Waals surface area contributed by atoms with Gasteiger partial charge >= 0.3 is 0 Å². The Hall–Kier alpha value is -2.38. The summed E-state index contributed by atoms with van der Waals surface area (Å²) in [7, 11) is 0. The Kier molecular flexibility index (Phi) is 4.42. The minimum atomic E-state index is -0.279. The molecule has 2 saturated heterocycles. The Morgan fingerprint density at radius 2 is 2.08 bits per heavy atom. The van der Waals surface area contributed by atoms with Gasteiger partial charge in [0.25, 0.3) is 5.91 Å². The Bertz CT molecular complexity index is 720. The SMILES string of the molecule is O=C(c1cnccn1)N1CC2(C[C@H](OCc3ccncc3)CCO2)C1. The first-order valence-electron chi connectivity index (χ1n) is 8.44. The quantitative estimate of drug-likeness (QED) is 0.839. The van der Waals surface area contributed by atoms with Crippen LogP contribution < -0.4 is 0 Å². The van der Waals surface area contributed by atoms with E-state index in [0.717, 1.165) is 18.4 Å². The molecule has 130 valence electrons. The van der Waals surface area contributed by atoms with Gasteiger partial charge in [-0.2, -0.15) is 0 Å². The molecule has 2 aromatic rings. The molecule has 2 aliphatic rings. The van der Waals surface area contributed by atoms with Crippen molar-refractivity contribution in [1.29, 1.82) is 0 Å². The van der Waals surface area contributed by atoms with Crippen molar-refractivity contribution >= 4 is 5.91 Å². The van der Waals surface area contributed by atoms with Crippen molar-refractivity contribution < 1.29 is 14.3 Å². The van der Waals surface area contributed by atoms with Crippen molar-refractivity contribution in [2.24, 2.45) is 0 Å². The van der Waals surface area contributed by atoms with Crippen LogP contribution in [-0.4, -0.2) is 57.2 Å². The van der Waals surface area contributed by atoms with E-state index in [9.17, 15) is 4.79 Å². The molecule has 2 aliphatic heterocycles. The molecule has 0 N–H and O–H groups in total. The molecule has 2 fully saturated rings. The lowest BCUT2D eigenvalue weighted by atomic mass is 9.84. The third-order valence-corrected chi connectivity index (χ3v) is 4.71. The van der Waals surface area contributed by atoms with Crippen LogP contribution in [0.15, 0.2) is 43.1 Å². The maximum atomic E-state index is 12.4. The van der Waals surface area contributed by atoms with Crippen LogP contribution in [0.4, 0.5) is 0 Å². The molecule has 1 atom stereocenters. The number of aromatic nitrogens is 3. The van der Waals surface area contributed by atoms with Crippen LogP contribution in [0.25, 0.3) is 0 Å². The summed E-state index contributed by atoms with van der Waals surface area (Å²) in [4.78, 5) is 26.2. The molecule has 25 heavy (non-hydrogen) atoms. The van der Waals surface area contributed by atoms with Crippen LogP contribution in [0.3, 0.4) is 0 Å². The molecule has 1 amide bonds. The van der Waals surface area contributed by atoms with E-state index in [0.29, 0.717) is 32.0 Å². The number of hydrogen-bond donors (Lipinski definition) is 0. The Morgan fingerprint density at radius 3 is 2.84 bits per heavy atom. The molecule has 4 rings (SSSR count). The number of amides is 1. The van der Waals surface area contributed by atoms with Gasteiger partial charge in [-0.3, -0.25) is 14.8 Å². The lowest BCUT2D eigenvalue weighted by Gasteiger charge is -2.52. The molecule has 0 aliphatic carbocycles. The molecule has 7 heteroatoms. The third kappa shape index (κ3) is 3.52. The van der Waals surface area contributed by atoms with Gasteiger partial charge in [0.2, 0.25) is 0 Å². The topological polar surface area (TPSA) is 77.4 Å². The van der Waals surface area contributed by atoms with E-state index in [2.05, 4.69) is 15.0 Å². The molecular weight excluding hydrogens is 320 g/mol. The highest BCUT2D eigenvalue weighted by Gasteiger charge is 2.49. The average molecular weight is 340 g/mol. The zero-order valence-corrected chi connectivity index (χ0v) is 13.9. The summed E-state index contributed by atoms with van der Waals surface area (Å²) in [6.45, 7) is 2.40. The molecular formula is C18H20N4O3. The van der Waals surface area contributed by atoms with Gasteiger partial charge < -0.3 is 14.4 Å². The molecule has 0 bridgehead atoms. The van der Waals surface area contributed by atoms with Crippen molar-refractivity contribution in [3.8, 4) is 0 Å². The highest BCUT2D eigenvalue weighted by molar-refractivity contribution is 5.92. The monoisotopic (exact) mass is 340 g/mol. The van der Waals surface area contributed by atoms with Gasteiger partial charge in [-0.15, -0.1) is 0 Å². The minimum absolute atomic E-state index is 0.0952. The maximum absolute atomic E-state index is 12.4. The van der Waals surface area contributed by atoms with E-state index in [1.807, 2.05) is 12.1 Å². The second-order valence-corrected chi connectivity index (χ2v) is 6.56. The van der Waals surface area contributed by atoms with Crippen LogP contribution in [0.5, 0.6) is 0 Å². The number of carbonyl (C=O) groups excluding carboxylic acids is 1. The summed E-state index contributed by atoms with van der Waals surface area (Å²) in [5, 5.41) is 0. The standard InChI is InChI=1S/C18H20N4O3/c23-17(16-10-20-6-7-21-16)22-12-18(13-22)9-15(3-8-25-18)24-11-14-1-4-19-5-2-14/h1-2,4-7,10,15H,3,8-9,11-13H2/t15-/m1/s1. The van der Waals surface area contributed by atoms with Crippen molar-refractivity contribution in [1.82, 2.24) is 19.9 Å². The van der Waals surface area contributed by atoms with E-state index in [4.69, 9.17) is 9.47 Å². The van der Waals surface area contributed by atoms with E-state index < -0.39 is 0 Å². The summed E-state index contributed by atoms with van der Waals surface area (Å²) in [6, 6.07) is 3.92. The average Bonchev–Trinajstić information content (AvgIpc) is 2.65. The van der Waals surface area contributed by atoms with Gasteiger partial charge in [0, 0.05) is 37.8 Å². The van der Waals surface area contributed by atoms with Gasteiger partial charge in [-0.1, -0.05) is 0 Å². The third-order valence-electron chi connectivity index (χ3n) is 4.71. The number of nitrogens with zero attached hydrogens (tertiary/aromatic N) is 4. The normalized spacial score (nSPS) is 21.8. The summed E-state index contributed by atoms with van der Waals surface area (Å²) in [5.74, 6) is -0.0952. The summed E-state index contributed by atoms with van der Waals surface area (Å²) in [5.41, 5.74) is 1.21. The van der Waals surface area contributed by atoms with Crippen molar-refractivity contribution in [2.75, 3.05) is 19.7 Å². The summed E-state index contributed by atoms with van der Waals surface area (Å²) < 4.78 is 12.0. The molecule has 0 aromatic carbocycles. The van der Waals surface area contributed by atoms with E-state index in [-0.39, 0.29) is 17.6 Å². The Labute approximate surface area is 146 Å². The maximum Gasteiger partial charge on any atom is 0.274 e. The largest absolute Gasteiger partial charge is 0.373 e. The summed E-state index contributed by atoms with van der Waals surface area (Å²) >= 11 is 0.